The predicted molar refractivity (Wildman–Crippen MR) is 91.5 cm³/mol. The molecule has 0 saturated carbocycles. The number of aliphatic imine (C=N–C) groups is 1. The van der Waals surface area contributed by atoms with Crippen LogP contribution in [0.25, 0.3) is 0 Å². The highest BCUT2D eigenvalue weighted by atomic mass is 32.2. The summed E-state index contributed by atoms with van der Waals surface area (Å²) < 4.78 is 10.3. The van der Waals surface area contributed by atoms with Gasteiger partial charge in [0.2, 0.25) is 5.88 Å². The first-order chi connectivity index (χ1) is 11.7. The molecule has 122 valence electrons. The Morgan fingerprint density at radius 3 is 2.92 bits per heavy atom. The van der Waals surface area contributed by atoms with Crippen molar-refractivity contribution in [2.75, 3.05) is 13.4 Å². The van der Waals surface area contributed by atoms with Crippen LogP contribution in [0.2, 0.25) is 0 Å². The molecule has 7 nitrogen and oxygen atoms in total. The molecule has 2 rings (SSSR count). The Balaban J connectivity index is 2.21. The number of methoxy groups -OCH3 is 1. The first-order valence-corrected chi connectivity index (χ1v) is 7.99. The second-order valence-electron chi connectivity index (χ2n) is 4.33. The molecule has 0 saturated heterocycles. The van der Waals surface area contributed by atoms with E-state index in [1.165, 1.54) is 37.2 Å². The fourth-order valence-corrected chi connectivity index (χ4v) is 2.08. The Bertz CT molecular complexity index is 802. The van der Waals surface area contributed by atoms with Gasteiger partial charge in [0.15, 0.2) is 11.4 Å². The molecule has 0 unspecified atom stereocenters. The largest absolute Gasteiger partial charge is 0.465 e. The molecule has 24 heavy (non-hydrogen) atoms. The Morgan fingerprint density at radius 1 is 1.38 bits per heavy atom. The second-order valence-corrected chi connectivity index (χ2v) is 5.13. The maximum atomic E-state index is 11.5. The van der Waals surface area contributed by atoms with Gasteiger partial charge in [-0.2, -0.15) is 5.26 Å². The van der Waals surface area contributed by atoms with E-state index in [4.69, 9.17) is 10.00 Å². The van der Waals surface area contributed by atoms with Crippen molar-refractivity contribution in [3.63, 3.8) is 0 Å². The molecule has 0 aliphatic rings. The van der Waals surface area contributed by atoms with E-state index >= 15 is 0 Å². The number of nitriles is 1. The lowest BCUT2D eigenvalue weighted by Crippen LogP contribution is -2.12. The fraction of sp³-hybridized carbons (Fsp3) is 0.125. The maximum absolute atomic E-state index is 11.5. The molecule has 0 amide bonds. The predicted octanol–water partition coefficient (Wildman–Crippen LogP) is 3.08. The third-order valence-electron chi connectivity index (χ3n) is 2.78. The highest BCUT2D eigenvalue weighted by molar-refractivity contribution is 8.13. The fourth-order valence-electron chi connectivity index (χ4n) is 1.74. The molecule has 0 radical (unpaired) electrons. The van der Waals surface area contributed by atoms with Crippen LogP contribution in [-0.2, 0) is 4.74 Å². The summed E-state index contributed by atoms with van der Waals surface area (Å²) in [5.74, 6) is 0.301. The first kappa shape index (κ1) is 17.3. The summed E-state index contributed by atoms with van der Waals surface area (Å²) in [7, 11) is 1.31. The van der Waals surface area contributed by atoms with E-state index in [1.807, 2.05) is 12.4 Å². The maximum Gasteiger partial charge on any atom is 0.338 e. The Kier molecular flexibility index (Phi) is 6.16. The van der Waals surface area contributed by atoms with Crippen LogP contribution in [0.3, 0.4) is 0 Å². The van der Waals surface area contributed by atoms with Crippen molar-refractivity contribution in [3.05, 3.63) is 48.2 Å². The number of pyridine rings is 1. The Morgan fingerprint density at radius 2 is 2.21 bits per heavy atom. The number of rotatable bonds is 4. The molecule has 0 atom stereocenters. The zero-order chi connectivity index (χ0) is 17.4. The topological polar surface area (TPSA) is 96.6 Å². The summed E-state index contributed by atoms with van der Waals surface area (Å²) in [6, 6.07) is 10.0. The molecule has 1 aromatic heterocycles. The van der Waals surface area contributed by atoms with Gasteiger partial charge in [-0.05, 0) is 24.5 Å². The van der Waals surface area contributed by atoms with Crippen molar-refractivity contribution in [3.8, 4) is 17.8 Å². The van der Waals surface area contributed by atoms with E-state index < -0.39 is 5.97 Å². The van der Waals surface area contributed by atoms with Crippen LogP contribution in [0.1, 0.15) is 10.4 Å². The van der Waals surface area contributed by atoms with Gasteiger partial charge in [0.25, 0.3) is 0 Å². The number of aromatic nitrogens is 1. The van der Waals surface area contributed by atoms with E-state index in [1.54, 1.807) is 24.3 Å². The van der Waals surface area contributed by atoms with Crippen LogP contribution < -0.4 is 10.1 Å². The first-order valence-electron chi connectivity index (χ1n) is 6.76. The summed E-state index contributed by atoms with van der Waals surface area (Å²) in [6.07, 6.45) is 5.10. The number of ether oxygens (including phenoxy) is 2. The quantitative estimate of drug-likeness (QED) is 0.300. The monoisotopic (exact) mass is 342 g/mol. The summed E-state index contributed by atoms with van der Waals surface area (Å²) in [5, 5.41) is 11.6. The van der Waals surface area contributed by atoms with Crippen molar-refractivity contribution in [1.82, 2.24) is 10.3 Å². The average Bonchev–Trinajstić information content (AvgIpc) is 2.61. The number of esters is 1. The SMILES string of the molecule is COC(=O)c1ccnc(Oc2cccc(N=C(NC#N)SC)c2)c1. The van der Waals surface area contributed by atoms with Crippen molar-refractivity contribution in [2.45, 2.75) is 0 Å². The normalized spacial score (nSPS) is 10.6. The number of thioether (sulfide) groups is 1. The molecule has 1 aromatic carbocycles. The van der Waals surface area contributed by atoms with Crippen LogP contribution in [0, 0.1) is 11.5 Å². The number of hydrogen-bond acceptors (Lipinski definition) is 7. The van der Waals surface area contributed by atoms with E-state index in [0.29, 0.717) is 22.2 Å². The molecule has 1 heterocycles. The van der Waals surface area contributed by atoms with Crippen molar-refractivity contribution in [2.24, 2.45) is 4.99 Å². The number of nitrogens with one attached hydrogen (secondary N) is 1. The molecule has 0 spiro atoms. The average molecular weight is 342 g/mol. The van der Waals surface area contributed by atoms with Gasteiger partial charge in [0, 0.05) is 18.3 Å². The molecule has 0 aliphatic heterocycles. The standard InChI is InChI=1S/C16H14N4O3S/c1-22-15(21)11-6-7-18-14(8-11)23-13-5-3-4-12(9-13)20-16(24-2)19-10-17/h3-9H,1-2H3,(H,19,20). The molecular formula is C16H14N4O3S. The van der Waals surface area contributed by atoms with E-state index in [9.17, 15) is 4.79 Å². The van der Waals surface area contributed by atoms with Crippen LogP contribution in [0.15, 0.2) is 47.6 Å². The Labute approximate surface area is 143 Å². The number of amidine groups is 1. The third-order valence-corrected chi connectivity index (χ3v) is 3.36. The van der Waals surface area contributed by atoms with Gasteiger partial charge < -0.3 is 9.47 Å². The highest BCUT2D eigenvalue weighted by Crippen LogP contribution is 2.25. The molecule has 0 bridgehead atoms. The zero-order valence-corrected chi connectivity index (χ0v) is 13.8. The van der Waals surface area contributed by atoms with Gasteiger partial charge in [-0.25, -0.2) is 14.8 Å². The van der Waals surface area contributed by atoms with Crippen molar-refractivity contribution >= 4 is 28.6 Å². The van der Waals surface area contributed by atoms with Gasteiger partial charge in [-0.1, -0.05) is 17.8 Å². The smallest absolute Gasteiger partial charge is 0.338 e. The number of benzene rings is 1. The minimum absolute atomic E-state index is 0.263. The van der Waals surface area contributed by atoms with Gasteiger partial charge in [-0.15, -0.1) is 0 Å². The van der Waals surface area contributed by atoms with Crippen molar-refractivity contribution in [1.29, 1.82) is 5.26 Å². The van der Waals surface area contributed by atoms with Crippen LogP contribution in [0.5, 0.6) is 11.6 Å². The van der Waals surface area contributed by atoms with E-state index in [-0.39, 0.29) is 5.88 Å². The van der Waals surface area contributed by atoms with E-state index in [2.05, 4.69) is 20.0 Å². The molecule has 8 heteroatoms. The lowest BCUT2D eigenvalue weighted by atomic mass is 10.2. The summed E-state index contributed by atoms with van der Waals surface area (Å²) in [4.78, 5) is 19.9. The lowest BCUT2D eigenvalue weighted by molar-refractivity contribution is 0.0600. The van der Waals surface area contributed by atoms with E-state index in [0.717, 1.165) is 0 Å². The number of hydrogen-bond donors (Lipinski definition) is 1. The molecule has 0 fully saturated rings. The summed E-state index contributed by atoms with van der Waals surface area (Å²) >= 11 is 1.32. The molecule has 1 N–H and O–H groups in total. The zero-order valence-electron chi connectivity index (χ0n) is 13.0. The number of carbonyl (C=O) groups excluding carboxylic acids is 1. The van der Waals surface area contributed by atoms with Gasteiger partial charge >= 0.3 is 5.97 Å². The van der Waals surface area contributed by atoms with Gasteiger partial charge in [0.05, 0.1) is 18.4 Å². The minimum Gasteiger partial charge on any atom is -0.465 e. The minimum atomic E-state index is -0.465. The molecule has 0 aliphatic carbocycles. The van der Waals surface area contributed by atoms with Crippen molar-refractivity contribution < 1.29 is 14.3 Å². The van der Waals surface area contributed by atoms with Crippen LogP contribution in [0.4, 0.5) is 5.69 Å². The van der Waals surface area contributed by atoms with Crippen LogP contribution >= 0.6 is 11.8 Å². The second kappa shape index (κ2) is 8.55. The molecule has 2 aromatic rings. The third kappa shape index (κ3) is 4.72. The van der Waals surface area contributed by atoms with Gasteiger partial charge in [0.1, 0.15) is 5.75 Å². The lowest BCUT2D eigenvalue weighted by Gasteiger charge is -2.07. The van der Waals surface area contributed by atoms with Crippen LogP contribution in [-0.4, -0.2) is 29.5 Å². The highest BCUT2D eigenvalue weighted by Gasteiger charge is 2.08. The van der Waals surface area contributed by atoms with Gasteiger partial charge in [-0.3, -0.25) is 5.32 Å². The Hall–Kier alpha value is -3.05. The number of carbonyl (C=O) groups is 1. The molecular weight excluding hydrogens is 328 g/mol. The number of nitrogens with zero attached hydrogens (tertiary/aromatic N) is 3. The summed E-state index contributed by atoms with van der Waals surface area (Å²) in [5.41, 5.74) is 0.961. The summed E-state index contributed by atoms with van der Waals surface area (Å²) in [6.45, 7) is 0.